The number of rotatable bonds is 0. The summed E-state index contributed by atoms with van der Waals surface area (Å²) < 4.78 is 6.60. The number of carboxylic acids is 1. The van der Waals surface area contributed by atoms with Crippen molar-refractivity contribution >= 4 is 48.6 Å². The van der Waals surface area contributed by atoms with E-state index in [1.54, 1.807) is 0 Å². The van der Waals surface area contributed by atoms with Crippen molar-refractivity contribution in [2.45, 2.75) is 3.79 Å². The van der Waals surface area contributed by atoms with Crippen LogP contribution in [0.15, 0.2) is 0 Å². The summed E-state index contributed by atoms with van der Waals surface area (Å²) in [5.41, 5.74) is 0. The molecule has 0 saturated carbocycles. The summed E-state index contributed by atoms with van der Waals surface area (Å²) in [5.74, 6) is -1.46. The predicted octanol–water partition coefficient (Wildman–Crippen LogP) is -3.12. The standard InChI is InChI=1S/C2HCl3O2.Na.H3O4P/c3-2(4,5)1(6)7;;1-5(2,3)4/h(H,6,7);;(H3,1,2,3,4)/q;+1;/p-1. The molecular formula is C2H3Cl3NaO6P. The summed E-state index contributed by atoms with van der Waals surface area (Å²) in [7, 11) is -4.89. The van der Waals surface area contributed by atoms with Gasteiger partial charge in [-0.3, -0.25) is 4.57 Å². The van der Waals surface area contributed by atoms with Crippen LogP contribution in [0.25, 0.3) is 0 Å². The molecule has 11 heteroatoms. The SMILES string of the molecule is O=C(O)C(Cl)(Cl)Cl.O=P([O-])(O)O.[Na+]. The van der Waals surface area contributed by atoms with Gasteiger partial charge in [0, 0.05) is 0 Å². The van der Waals surface area contributed by atoms with Crippen LogP contribution >= 0.6 is 42.6 Å². The van der Waals surface area contributed by atoms with Gasteiger partial charge in [-0.2, -0.15) is 0 Å². The van der Waals surface area contributed by atoms with Gasteiger partial charge in [0.1, 0.15) is 0 Å². The summed E-state index contributed by atoms with van der Waals surface area (Å²) >= 11 is 14.4. The Morgan fingerprint density at radius 3 is 1.38 bits per heavy atom. The topological polar surface area (TPSA) is 118 Å². The molecule has 0 aromatic carbocycles. The zero-order valence-corrected chi connectivity index (χ0v) is 11.3. The summed E-state index contributed by atoms with van der Waals surface area (Å²) in [6, 6.07) is 0. The van der Waals surface area contributed by atoms with E-state index in [1.807, 2.05) is 0 Å². The van der Waals surface area contributed by atoms with Crippen LogP contribution in [0.2, 0.25) is 0 Å². The van der Waals surface area contributed by atoms with Crippen LogP contribution in [0.3, 0.4) is 0 Å². The van der Waals surface area contributed by atoms with Gasteiger partial charge < -0.3 is 19.8 Å². The average Bonchev–Trinajstić information content (AvgIpc) is 1.55. The number of hydrogen-bond acceptors (Lipinski definition) is 3. The van der Waals surface area contributed by atoms with Crippen molar-refractivity contribution in [2.75, 3.05) is 0 Å². The number of phosphoric acid groups is 1. The van der Waals surface area contributed by atoms with Gasteiger partial charge in [-0.15, -0.1) is 0 Å². The molecule has 6 nitrogen and oxygen atoms in total. The van der Waals surface area contributed by atoms with Crippen LogP contribution in [0.5, 0.6) is 0 Å². The molecule has 0 rings (SSSR count). The maximum Gasteiger partial charge on any atom is 1.00 e. The largest absolute Gasteiger partial charge is 1.00 e. The fourth-order valence-electron chi connectivity index (χ4n) is 0. The second-order valence-electron chi connectivity index (χ2n) is 1.29. The van der Waals surface area contributed by atoms with Crippen molar-refractivity contribution < 1.29 is 58.7 Å². The Balaban J connectivity index is -0.000000150. The number of alkyl halides is 3. The Labute approximate surface area is 110 Å². The molecule has 0 amide bonds. The van der Waals surface area contributed by atoms with Gasteiger partial charge in [-0.1, -0.05) is 34.8 Å². The molecule has 0 saturated heterocycles. The Bertz CT molecular complexity index is 188. The number of hydrogen-bond donors (Lipinski definition) is 3. The van der Waals surface area contributed by atoms with Gasteiger partial charge in [-0.25, -0.2) is 4.79 Å². The molecule has 0 unspecified atom stereocenters. The Morgan fingerprint density at radius 1 is 1.31 bits per heavy atom. The molecule has 0 bridgehead atoms. The van der Waals surface area contributed by atoms with E-state index in [-0.39, 0.29) is 29.6 Å². The first kappa shape index (κ1) is 19.9. The third-order valence-corrected chi connectivity index (χ3v) is 0.728. The van der Waals surface area contributed by atoms with E-state index in [9.17, 15) is 4.79 Å². The van der Waals surface area contributed by atoms with Gasteiger partial charge >= 0.3 is 35.5 Å². The van der Waals surface area contributed by atoms with Crippen molar-refractivity contribution in [3.8, 4) is 0 Å². The normalized spacial score (nSPS) is 10.6. The van der Waals surface area contributed by atoms with Gasteiger partial charge in [0.15, 0.2) is 0 Å². The number of carboxylic acid groups (broad SMARTS) is 1. The second-order valence-corrected chi connectivity index (χ2v) is 4.56. The smallest absolute Gasteiger partial charge is 0.756 e. The Morgan fingerprint density at radius 2 is 1.38 bits per heavy atom. The van der Waals surface area contributed by atoms with Gasteiger partial charge in [0.05, 0.1) is 0 Å². The summed E-state index contributed by atoms with van der Waals surface area (Å²) in [4.78, 5) is 32.5. The van der Waals surface area contributed by atoms with Gasteiger partial charge in [-0.05, 0) is 0 Å². The van der Waals surface area contributed by atoms with E-state index >= 15 is 0 Å². The van der Waals surface area contributed by atoms with Crippen LogP contribution in [0.4, 0.5) is 0 Å². The van der Waals surface area contributed by atoms with E-state index in [1.165, 1.54) is 0 Å². The first-order valence-electron chi connectivity index (χ1n) is 2.01. The molecule has 0 spiro atoms. The molecular weight excluding hydrogens is 280 g/mol. The zero-order chi connectivity index (χ0) is 10.6. The summed E-state index contributed by atoms with van der Waals surface area (Å²) in [6.45, 7) is 0. The molecule has 0 atom stereocenters. The van der Waals surface area contributed by atoms with Crippen molar-refractivity contribution in [1.29, 1.82) is 0 Å². The molecule has 0 aliphatic heterocycles. The fourth-order valence-corrected chi connectivity index (χ4v) is 0. The van der Waals surface area contributed by atoms with E-state index < -0.39 is 17.6 Å². The number of aliphatic carboxylic acids is 1. The first-order valence-corrected chi connectivity index (χ1v) is 4.67. The number of carbonyl (C=O) groups is 1. The van der Waals surface area contributed by atoms with E-state index in [4.69, 9.17) is 59.2 Å². The molecule has 0 aromatic heterocycles. The van der Waals surface area contributed by atoms with Crippen molar-refractivity contribution in [3.63, 3.8) is 0 Å². The van der Waals surface area contributed by atoms with E-state index in [0.717, 1.165) is 0 Å². The van der Waals surface area contributed by atoms with E-state index in [2.05, 4.69) is 0 Å². The number of halogens is 3. The predicted molar refractivity (Wildman–Crippen MR) is 40.0 cm³/mol. The third kappa shape index (κ3) is 31.8. The minimum Gasteiger partial charge on any atom is -0.756 e. The van der Waals surface area contributed by atoms with Crippen molar-refractivity contribution in [2.24, 2.45) is 0 Å². The molecule has 3 N–H and O–H groups in total. The van der Waals surface area contributed by atoms with Crippen molar-refractivity contribution in [3.05, 3.63) is 0 Å². The quantitative estimate of drug-likeness (QED) is 0.246. The maximum atomic E-state index is 9.62. The molecule has 0 aliphatic rings. The average molecular weight is 283 g/mol. The van der Waals surface area contributed by atoms with E-state index in [0.29, 0.717) is 0 Å². The molecule has 0 heterocycles. The maximum absolute atomic E-state index is 9.62. The van der Waals surface area contributed by atoms with Crippen LogP contribution in [-0.2, 0) is 9.36 Å². The van der Waals surface area contributed by atoms with Crippen molar-refractivity contribution in [1.82, 2.24) is 0 Å². The molecule has 0 aromatic rings. The first-order chi connectivity index (χ1) is 4.94. The zero-order valence-electron chi connectivity index (χ0n) is 6.15. The van der Waals surface area contributed by atoms with Gasteiger partial charge in [0.25, 0.3) is 11.6 Å². The molecule has 0 fully saturated rings. The third-order valence-electron chi connectivity index (χ3n) is 0.243. The summed E-state index contributed by atoms with van der Waals surface area (Å²) in [6.07, 6.45) is 0. The second kappa shape index (κ2) is 7.70. The summed E-state index contributed by atoms with van der Waals surface area (Å²) in [5, 5.41) is 7.85. The van der Waals surface area contributed by atoms with Crippen LogP contribution in [0.1, 0.15) is 0 Å². The van der Waals surface area contributed by atoms with Crippen LogP contribution < -0.4 is 34.5 Å². The molecule has 13 heavy (non-hydrogen) atoms. The fraction of sp³-hybridized carbons (Fsp3) is 0.500. The molecule has 0 aliphatic carbocycles. The Kier molecular flexibility index (Phi) is 11.8. The monoisotopic (exact) mass is 282 g/mol. The van der Waals surface area contributed by atoms with Crippen LogP contribution in [-0.4, -0.2) is 24.7 Å². The minimum absolute atomic E-state index is 0. The molecule has 74 valence electrons. The minimum atomic E-state index is -4.89. The Hall–Kier alpha value is 1.45. The molecule has 0 radical (unpaired) electrons. The van der Waals surface area contributed by atoms with Gasteiger partial charge in [0.2, 0.25) is 0 Å². The van der Waals surface area contributed by atoms with Crippen LogP contribution in [0, 0.1) is 0 Å².